The van der Waals surface area contributed by atoms with Crippen molar-refractivity contribution in [3.8, 4) is 6.07 Å². The fourth-order valence-corrected chi connectivity index (χ4v) is 2.58. The molecule has 0 amide bonds. The third-order valence-electron chi connectivity index (χ3n) is 3.56. The third kappa shape index (κ3) is 3.05. The molecule has 1 N–H and O–H groups in total. The molecule has 0 aromatic heterocycles. The molecule has 0 radical (unpaired) electrons. The van der Waals surface area contributed by atoms with Crippen molar-refractivity contribution in [2.45, 2.75) is 12.6 Å². The lowest BCUT2D eigenvalue weighted by atomic mass is 10.1. The SMILES string of the molecule is CNCC1CCN(c2ccc(C(F)(F)F)cc2C#N)C1. The van der Waals surface area contributed by atoms with Gasteiger partial charge >= 0.3 is 6.18 Å². The quantitative estimate of drug-likeness (QED) is 0.927. The van der Waals surface area contributed by atoms with Gasteiger partial charge in [0.1, 0.15) is 6.07 Å². The Morgan fingerprint density at radius 1 is 1.45 bits per heavy atom. The summed E-state index contributed by atoms with van der Waals surface area (Å²) in [5.41, 5.74) is -0.0900. The second-order valence-corrected chi connectivity index (χ2v) is 5.00. The minimum atomic E-state index is -4.41. The number of alkyl halides is 3. The fraction of sp³-hybridized carbons (Fsp3) is 0.500. The van der Waals surface area contributed by atoms with Crippen molar-refractivity contribution < 1.29 is 13.2 Å². The topological polar surface area (TPSA) is 39.1 Å². The predicted octanol–water partition coefficient (Wildman–Crippen LogP) is 2.62. The Bertz CT molecular complexity index is 519. The van der Waals surface area contributed by atoms with Gasteiger partial charge in [-0.05, 0) is 44.1 Å². The summed E-state index contributed by atoms with van der Waals surface area (Å²) >= 11 is 0. The fourth-order valence-electron chi connectivity index (χ4n) is 2.58. The van der Waals surface area contributed by atoms with Crippen LogP contribution in [0.4, 0.5) is 18.9 Å². The van der Waals surface area contributed by atoms with E-state index in [-0.39, 0.29) is 5.56 Å². The van der Waals surface area contributed by atoms with Gasteiger partial charge < -0.3 is 10.2 Å². The molecule has 1 aromatic rings. The van der Waals surface area contributed by atoms with Crippen molar-refractivity contribution in [3.63, 3.8) is 0 Å². The normalized spacial score (nSPS) is 19.1. The number of benzene rings is 1. The van der Waals surface area contributed by atoms with E-state index >= 15 is 0 Å². The zero-order chi connectivity index (χ0) is 14.8. The lowest BCUT2D eigenvalue weighted by molar-refractivity contribution is -0.137. The number of hydrogen-bond acceptors (Lipinski definition) is 3. The van der Waals surface area contributed by atoms with Gasteiger partial charge in [-0.15, -0.1) is 0 Å². The van der Waals surface area contributed by atoms with Gasteiger partial charge in [-0.1, -0.05) is 0 Å². The number of anilines is 1. The number of nitrogens with zero attached hydrogens (tertiary/aromatic N) is 2. The molecule has 0 saturated carbocycles. The lowest BCUT2D eigenvalue weighted by Crippen LogP contribution is -2.25. The molecular formula is C14H16F3N3. The number of nitriles is 1. The molecule has 0 bridgehead atoms. The van der Waals surface area contributed by atoms with Crippen LogP contribution in [0.15, 0.2) is 18.2 Å². The van der Waals surface area contributed by atoms with Crippen LogP contribution in [0.3, 0.4) is 0 Å². The Labute approximate surface area is 116 Å². The van der Waals surface area contributed by atoms with Crippen LogP contribution in [-0.2, 0) is 6.18 Å². The Kier molecular flexibility index (Phi) is 4.19. The largest absolute Gasteiger partial charge is 0.416 e. The molecule has 20 heavy (non-hydrogen) atoms. The number of hydrogen-bond donors (Lipinski definition) is 1. The standard InChI is InChI=1S/C14H16F3N3/c1-19-8-10-4-5-20(9-10)13-3-2-12(14(15,16)17)6-11(13)7-18/h2-3,6,10,19H,4-5,8-9H2,1H3. The van der Waals surface area contributed by atoms with Crippen molar-refractivity contribution in [2.75, 3.05) is 31.6 Å². The highest BCUT2D eigenvalue weighted by Crippen LogP contribution is 2.34. The lowest BCUT2D eigenvalue weighted by Gasteiger charge is -2.21. The molecule has 1 fully saturated rings. The molecule has 3 nitrogen and oxygen atoms in total. The van der Waals surface area contributed by atoms with Crippen molar-refractivity contribution in [1.82, 2.24) is 5.32 Å². The molecule has 1 aliphatic rings. The molecule has 108 valence electrons. The van der Waals surface area contributed by atoms with Crippen LogP contribution in [0.2, 0.25) is 0 Å². The van der Waals surface area contributed by atoms with E-state index in [9.17, 15) is 13.2 Å². The van der Waals surface area contributed by atoms with Crippen LogP contribution in [0.25, 0.3) is 0 Å². The van der Waals surface area contributed by atoms with Gasteiger partial charge in [0.05, 0.1) is 16.8 Å². The summed E-state index contributed by atoms with van der Waals surface area (Å²) in [7, 11) is 1.88. The Morgan fingerprint density at radius 3 is 2.80 bits per heavy atom. The van der Waals surface area contributed by atoms with Gasteiger partial charge in [0.25, 0.3) is 0 Å². The number of rotatable bonds is 3. The van der Waals surface area contributed by atoms with Gasteiger partial charge in [-0.2, -0.15) is 18.4 Å². The first kappa shape index (κ1) is 14.7. The Morgan fingerprint density at radius 2 is 2.20 bits per heavy atom. The minimum absolute atomic E-state index is 0.0879. The van der Waals surface area contributed by atoms with Crippen molar-refractivity contribution >= 4 is 5.69 Å². The molecule has 1 aliphatic heterocycles. The molecule has 1 aromatic carbocycles. The molecule has 2 rings (SSSR count). The van der Waals surface area contributed by atoms with Gasteiger partial charge in [0.2, 0.25) is 0 Å². The maximum Gasteiger partial charge on any atom is 0.416 e. The van der Waals surface area contributed by atoms with Crippen molar-refractivity contribution in [3.05, 3.63) is 29.3 Å². The first-order valence-electron chi connectivity index (χ1n) is 6.46. The van der Waals surface area contributed by atoms with E-state index in [1.165, 1.54) is 6.07 Å². The van der Waals surface area contributed by atoms with E-state index in [1.807, 2.05) is 18.0 Å². The van der Waals surface area contributed by atoms with Crippen LogP contribution in [0.5, 0.6) is 0 Å². The summed E-state index contributed by atoms with van der Waals surface area (Å²) in [6.07, 6.45) is -3.43. The van der Waals surface area contributed by atoms with Crippen molar-refractivity contribution in [1.29, 1.82) is 5.26 Å². The van der Waals surface area contributed by atoms with Crippen LogP contribution in [-0.4, -0.2) is 26.7 Å². The van der Waals surface area contributed by atoms with E-state index in [1.54, 1.807) is 0 Å². The molecular weight excluding hydrogens is 267 g/mol. The van der Waals surface area contributed by atoms with E-state index < -0.39 is 11.7 Å². The average Bonchev–Trinajstić information content (AvgIpc) is 2.86. The van der Waals surface area contributed by atoms with Crippen LogP contribution < -0.4 is 10.2 Å². The molecule has 0 spiro atoms. The summed E-state index contributed by atoms with van der Waals surface area (Å²) < 4.78 is 37.9. The van der Waals surface area contributed by atoms with Crippen LogP contribution in [0.1, 0.15) is 17.5 Å². The van der Waals surface area contributed by atoms with Gasteiger partial charge in [-0.25, -0.2) is 0 Å². The molecule has 0 aliphatic carbocycles. The second-order valence-electron chi connectivity index (χ2n) is 5.00. The maximum atomic E-state index is 12.6. The number of halogens is 3. The third-order valence-corrected chi connectivity index (χ3v) is 3.56. The van der Waals surface area contributed by atoms with Crippen LogP contribution in [0, 0.1) is 17.2 Å². The zero-order valence-electron chi connectivity index (χ0n) is 11.2. The van der Waals surface area contributed by atoms with E-state index in [0.29, 0.717) is 11.6 Å². The van der Waals surface area contributed by atoms with Crippen molar-refractivity contribution in [2.24, 2.45) is 5.92 Å². The Hall–Kier alpha value is -1.74. The smallest absolute Gasteiger partial charge is 0.370 e. The maximum absolute atomic E-state index is 12.6. The zero-order valence-corrected chi connectivity index (χ0v) is 11.2. The summed E-state index contributed by atoms with van der Waals surface area (Å²) in [5, 5.41) is 12.2. The minimum Gasteiger partial charge on any atom is -0.370 e. The molecule has 1 unspecified atom stereocenters. The number of nitrogens with one attached hydrogen (secondary N) is 1. The van der Waals surface area contributed by atoms with E-state index in [0.717, 1.165) is 38.2 Å². The highest BCUT2D eigenvalue weighted by molar-refractivity contribution is 5.61. The Balaban J connectivity index is 2.23. The monoisotopic (exact) mass is 283 g/mol. The highest BCUT2D eigenvalue weighted by Gasteiger charge is 2.32. The van der Waals surface area contributed by atoms with Gasteiger partial charge in [0, 0.05) is 13.1 Å². The molecule has 1 saturated heterocycles. The molecule has 6 heteroatoms. The highest BCUT2D eigenvalue weighted by atomic mass is 19.4. The first-order valence-corrected chi connectivity index (χ1v) is 6.46. The summed E-state index contributed by atoms with van der Waals surface area (Å²) in [6.45, 7) is 2.41. The van der Waals surface area contributed by atoms with E-state index in [4.69, 9.17) is 5.26 Å². The summed E-state index contributed by atoms with van der Waals surface area (Å²) in [6, 6.07) is 5.25. The summed E-state index contributed by atoms with van der Waals surface area (Å²) in [4.78, 5) is 1.99. The molecule has 1 heterocycles. The second kappa shape index (κ2) is 5.71. The average molecular weight is 283 g/mol. The van der Waals surface area contributed by atoms with Gasteiger partial charge in [0.15, 0.2) is 0 Å². The van der Waals surface area contributed by atoms with Crippen LogP contribution >= 0.6 is 0 Å². The van der Waals surface area contributed by atoms with Gasteiger partial charge in [-0.3, -0.25) is 0 Å². The predicted molar refractivity (Wildman–Crippen MR) is 70.4 cm³/mol. The van der Waals surface area contributed by atoms with E-state index in [2.05, 4.69) is 5.32 Å². The molecule has 1 atom stereocenters. The first-order chi connectivity index (χ1) is 9.45. The summed E-state index contributed by atoms with van der Waals surface area (Å²) in [5.74, 6) is 0.467.